The third-order valence-electron chi connectivity index (χ3n) is 7.77. The highest BCUT2D eigenvalue weighted by atomic mass is 16.5. The highest BCUT2D eigenvalue weighted by molar-refractivity contribution is 5.85. The van der Waals surface area contributed by atoms with E-state index >= 15 is 0 Å². The summed E-state index contributed by atoms with van der Waals surface area (Å²) in [5.41, 5.74) is 7.32. The zero-order valence-corrected chi connectivity index (χ0v) is 24.7. The molecule has 7 rings (SSSR count). The largest absolute Gasteiger partial charge is 0.489 e. The minimum atomic E-state index is -0.266. The molecule has 7 aromatic rings. The summed E-state index contributed by atoms with van der Waals surface area (Å²) >= 11 is 0. The molecule has 0 saturated carbocycles. The lowest BCUT2D eigenvalue weighted by Gasteiger charge is -2.12. The number of ether oxygens (including phenoxy) is 1. The van der Waals surface area contributed by atoms with Gasteiger partial charge in [0, 0.05) is 28.0 Å². The molecule has 0 aliphatic rings. The quantitative estimate of drug-likeness (QED) is 0.180. The van der Waals surface area contributed by atoms with Gasteiger partial charge in [-0.15, -0.1) is 0 Å². The van der Waals surface area contributed by atoms with Crippen molar-refractivity contribution in [3.8, 4) is 23.0 Å². The van der Waals surface area contributed by atoms with Crippen molar-refractivity contribution in [1.29, 1.82) is 0 Å². The second kappa shape index (κ2) is 11.2. The van der Waals surface area contributed by atoms with E-state index < -0.39 is 0 Å². The molecule has 3 heterocycles. The summed E-state index contributed by atoms with van der Waals surface area (Å²) in [4.78, 5) is 18.5. The monoisotopic (exact) mass is 578 g/mol. The second-order valence-corrected chi connectivity index (χ2v) is 10.9. The van der Waals surface area contributed by atoms with Gasteiger partial charge in [0.25, 0.3) is 5.56 Å². The third kappa shape index (κ3) is 5.09. The number of para-hydroxylation sites is 2. The predicted octanol–water partition coefficient (Wildman–Crippen LogP) is 7.99. The molecule has 0 aliphatic carbocycles. The first-order valence-corrected chi connectivity index (χ1v) is 14.5. The fourth-order valence-electron chi connectivity index (χ4n) is 5.58. The molecule has 7 heteroatoms. The summed E-state index contributed by atoms with van der Waals surface area (Å²) < 4.78 is 15.6. The standard InChI is InChI=1S/C37H30N4O3/c1-24-9-8-10-27(19-24)23-43-31-17-15-30(16-18-31)40-25(2)20-29(26(40)3)22-38-41-36(35-21-28-11-4-7-14-34(28)44-35)39-33-13-6-5-12-32(33)37(41)42/h4-22H,23H2,1-3H3. The SMILES string of the molecule is Cc1cccc(COc2ccc(-n3c(C)cc(C=Nn4c(-c5cc6ccccc6o5)nc5ccccc5c4=O)c3C)cc2)c1. The summed E-state index contributed by atoms with van der Waals surface area (Å²) in [6, 6.07) is 35.3. The van der Waals surface area contributed by atoms with Crippen LogP contribution in [0, 0.1) is 20.8 Å². The van der Waals surface area contributed by atoms with E-state index in [1.807, 2.05) is 85.8 Å². The summed E-state index contributed by atoms with van der Waals surface area (Å²) in [6.07, 6.45) is 1.71. The van der Waals surface area contributed by atoms with Gasteiger partial charge >= 0.3 is 0 Å². The number of rotatable bonds is 7. The van der Waals surface area contributed by atoms with Crippen LogP contribution in [0.4, 0.5) is 0 Å². The van der Waals surface area contributed by atoms with Crippen LogP contribution in [0.1, 0.15) is 28.1 Å². The molecule has 0 unspecified atom stereocenters. The van der Waals surface area contributed by atoms with Crippen molar-refractivity contribution in [3.05, 3.63) is 148 Å². The lowest BCUT2D eigenvalue weighted by atomic mass is 10.1. The maximum absolute atomic E-state index is 13.7. The van der Waals surface area contributed by atoms with E-state index in [0.29, 0.717) is 29.1 Å². The number of furan rings is 1. The summed E-state index contributed by atoms with van der Waals surface area (Å²) in [5.74, 6) is 1.62. The van der Waals surface area contributed by atoms with E-state index in [1.54, 1.807) is 12.3 Å². The molecule has 0 radical (unpaired) electrons. The number of benzene rings is 4. The van der Waals surface area contributed by atoms with Crippen molar-refractivity contribution < 1.29 is 9.15 Å². The van der Waals surface area contributed by atoms with Crippen molar-refractivity contribution in [1.82, 2.24) is 14.2 Å². The van der Waals surface area contributed by atoms with Gasteiger partial charge in [0.1, 0.15) is 17.9 Å². The van der Waals surface area contributed by atoms with Gasteiger partial charge in [0.05, 0.1) is 17.1 Å². The molecule has 0 fully saturated rings. The highest BCUT2D eigenvalue weighted by Crippen LogP contribution is 2.28. The Hall–Kier alpha value is -5.69. The molecule has 3 aromatic heterocycles. The second-order valence-electron chi connectivity index (χ2n) is 10.9. The van der Waals surface area contributed by atoms with E-state index in [1.165, 1.54) is 10.2 Å². The van der Waals surface area contributed by atoms with Crippen LogP contribution in [0.2, 0.25) is 0 Å². The van der Waals surface area contributed by atoms with E-state index in [4.69, 9.17) is 14.1 Å². The zero-order valence-electron chi connectivity index (χ0n) is 24.7. The van der Waals surface area contributed by atoms with Crippen molar-refractivity contribution >= 4 is 28.1 Å². The summed E-state index contributed by atoms with van der Waals surface area (Å²) in [7, 11) is 0. The van der Waals surface area contributed by atoms with Crippen LogP contribution >= 0.6 is 0 Å². The molecule has 4 aromatic carbocycles. The number of aryl methyl sites for hydroxylation is 2. The van der Waals surface area contributed by atoms with Crippen LogP contribution < -0.4 is 10.3 Å². The van der Waals surface area contributed by atoms with Crippen LogP contribution in [0.15, 0.2) is 124 Å². The van der Waals surface area contributed by atoms with Crippen LogP contribution in [-0.4, -0.2) is 20.4 Å². The highest BCUT2D eigenvalue weighted by Gasteiger charge is 2.17. The lowest BCUT2D eigenvalue weighted by molar-refractivity contribution is 0.306. The van der Waals surface area contributed by atoms with Gasteiger partial charge in [0.15, 0.2) is 5.76 Å². The summed E-state index contributed by atoms with van der Waals surface area (Å²) in [5, 5.41) is 6.09. The maximum Gasteiger partial charge on any atom is 0.282 e. The minimum absolute atomic E-state index is 0.266. The Morgan fingerprint density at radius 1 is 0.864 bits per heavy atom. The van der Waals surface area contributed by atoms with Gasteiger partial charge in [-0.05, 0) is 80.9 Å². The molecule has 0 spiro atoms. The Bertz CT molecular complexity index is 2200. The first-order chi connectivity index (χ1) is 21.4. The molecule has 0 aliphatic heterocycles. The molecule has 7 nitrogen and oxygen atoms in total. The van der Waals surface area contributed by atoms with Crippen molar-refractivity contribution in [2.24, 2.45) is 5.10 Å². The van der Waals surface area contributed by atoms with Crippen LogP contribution in [-0.2, 0) is 6.61 Å². The van der Waals surface area contributed by atoms with E-state index in [-0.39, 0.29) is 5.56 Å². The van der Waals surface area contributed by atoms with Crippen molar-refractivity contribution in [2.45, 2.75) is 27.4 Å². The molecular weight excluding hydrogens is 548 g/mol. The molecule has 0 amide bonds. The van der Waals surface area contributed by atoms with E-state index in [2.05, 4.69) is 47.8 Å². The fourth-order valence-corrected chi connectivity index (χ4v) is 5.58. The number of hydrogen-bond donors (Lipinski definition) is 0. The fraction of sp³-hybridized carbons (Fsp3) is 0.108. The number of nitrogens with zero attached hydrogens (tertiary/aromatic N) is 4. The average Bonchev–Trinajstić information content (AvgIpc) is 3.59. The van der Waals surface area contributed by atoms with Crippen LogP contribution in [0.3, 0.4) is 0 Å². The smallest absolute Gasteiger partial charge is 0.282 e. The van der Waals surface area contributed by atoms with Gasteiger partial charge < -0.3 is 13.7 Å². The van der Waals surface area contributed by atoms with E-state index in [9.17, 15) is 4.79 Å². The normalized spacial score (nSPS) is 11.6. The van der Waals surface area contributed by atoms with Crippen LogP contribution in [0.5, 0.6) is 5.75 Å². The Balaban J connectivity index is 1.21. The van der Waals surface area contributed by atoms with E-state index in [0.717, 1.165) is 44.9 Å². The molecule has 0 saturated heterocycles. The lowest BCUT2D eigenvalue weighted by Crippen LogP contribution is -2.20. The van der Waals surface area contributed by atoms with Crippen molar-refractivity contribution in [3.63, 3.8) is 0 Å². The number of aromatic nitrogens is 3. The topological polar surface area (TPSA) is 74.6 Å². The molecule has 44 heavy (non-hydrogen) atoms. The first kappa shape index (κ1) is 27.2. The molecule has 216 valence electrons. The third-order valence-corrected chi connectivity index (χ3v) is 7.77. The van der Waals surface area contributed by atoms with Gasteiger partial charge in [0.2, 0.25) is 5.82 Å². The molecule has 0 N–H and O–H groups in total. The zero-order chi connectivity index (χ0) is 30.2. The summed E-state index contributed by atoms with van der Waals surface area (Å²) in [6.45, 7) is 6.69. The van der Waals surface area contributed by atoms with Crippen LogP contribution in [0.25, 0.3) is 39.1 Å². The predicted molar refractivity (Wildman–Crippen MR) is 175 cm³/mol. The van der Waals surface area contributed by atoms with Gasteiger partial charge in [-0.2, -0.15) is 9.78 Å². The maximum atomic E-state index is 13.7. The Labute approximate surface area is 254 Å². The Morgan fingerprint density at radius 2 is 1.66 bits per heavy atom. The van der Waals surface area contributed by atoms with Gasteiger partial charge in [-0.3, -0.25) is 4.79 Å². The first-order valence-electron chi connectivity index (χ1n) is 14.5. The Morgan fingerprint density at radius 3 is 2.48 bits per heavy atom. The molecular formula is C37H30N4O3. The number of hydrogen-bond acceptors (Lipinski definition) is 5. The molecule has 0 bridgehead atoms. The molecule has 0 atom stereocenters. The average molecular weight is 579 g/mol. The number of fused-ring (bicyclic) bond motifs is 2. The Kier molecular flexibility index (Phi) is 6.91. The minimum Gasteiger partial charge on any atom is -0.489 e. The van der Waals surface area contributed by atoms with Gasteiger partial charge in [-0.1, -0.05) is 60.2 Å². The van der Waals surface area contributed by atoms with Gasteiger partial charge in [-0.25, -0.2) is 4.98 Å². The van der Waals surface area contributed by atoms with Crippen molar-refractivity contribution in [2.75, 3.05) is 0 Å².